The first-order valence-corrected chi connectivity index (χ1v) is 8.34. The molecule has 110 valence electrons. The Bertz CT molecular complexity index is 515. The zero-order valence-corrected chi connectivity index (χ0v) is 13.0. The molecule has 1 amide bonds. The van der Waals surface area contributed by atoms with E-state index >= 15 is 0 Å². The molecule has 0 saturated heterocycles. The predicted octanol–water partition coefficient (Wildman–Crippen LogP) is 3.17. The van der Waals surface area contributed by atoms with E-state index in [2.05, 4.69) is 24.5 Å². The van der Waals surface area contributed by atoms with Crippen LogP contribution in [-0.2, 0) is 0 Å². The summed E-state index contributed by atoms with van der Waals surface area (Å²) in [5, 5.41) is 7.63. The first kappa shape index (κ1) is 13.7. The number of hydrogen-bond donors (Lipinski definition) is 3. The normalized spacial score (nSPS) is 18.4. The SMILES string of the molecule is CC(C)CNc1sc(C(=O)NC2CC2)c(N)c1C1CC1. The fourth-order valence-electron chi connectivity index (χ4n) is 2.31. The van der Waals surface area contributed by atoms with Crippen molar-refractivity contribution in [1.29, 1.82) is 0 Å². The number of nitrogens with two attached hydrogens (primary N) is 1. The van der Waals surface area contributed by atoms with Crippen molar-refractivity contribution in [2.24, 2.45) is 5.92 Å². The van der Waals surface area contributed by atoms with Gasteiger partial charge in [0.25, 0.3) is 5.91 Å². The van der Waals surface area contributed by atoms with Crippen LogP contribution in [0.5, 0.6) is 0 Å². The lowest BCUT2D eigenvalue weighted by atomic mass is 10.1. The van der Waals surface area contributed by atoms with Crippen LogP contribution in [0, 0.1) is 5.92 Å². The van der Waals surface area contributed by atoms with Crippen molar-refractivity contribution in [3.8, 4) is 0 Å². The number of nitrogen functional groups attached to an aromatic ring is 1. The summed E-state index contributed by atoms with van der Waals surface area (Å²) >= 11 is 1.53. The fourth-order valence-corrected chi connectivity index (χ4v) is 3.43. The van der Waals surface area contributed by atoms with Gasteiger partial charge in [-0.2, -0.15) is 0 Å². The van der Waals surface area contributed by atoms with E-state index in [4.69, 9.17) is 5.73 Å². The van der Waals surface area contributed by atoms with E-state index < -0.39 is 0 Å². The van der Waals surface area contributed by atoms with E-state index in [9.17, 15) is 4.79 Å². The number of anilines is 2. The Morgan fingerprint density at radius 3 is 2.60 bits per heavy atom. The minimum absolute atomic E-state index is 0.00879. The highest BCUT2D eigenvalue weighted by Crippen LogP contribution is 2.50. The van der Waals surface area contributed by atoms with Gasteiger partial charge in [-0.25, -0.2) is 0 Å². The molecular weight excluding hydrogens is 270 g/mol. The van der Waals surface area contributed by atoms with Gasteiger partial charge in [0, 0.05) is 18.2 Å². The number of hydrogen-bond acceptors (Lipinski definition) is 4. The molecule has 2 aliphatic rings. The highest BCUT2D eigenvalue weighted by atomic mass is 32.1. The Kier molecular flexibility index (Phi) is 3.63. The average Bonchev–Trinajstić information content (AvgIpc) is 3.28. The van der Waals surface area contributed by atoms with Crippen LogP contribution < -0.4 is 16.4 Å². The molecular formula is C15H23N3OS. The van der Waals surface area contributed by atoms with Gasteiger partial charge < -0.3 is 16.4 Å². The summed E-state index contributed by atoms with van der Waals surface area (Å²) in [5.41, 5.74) is 8.16. The number of thiophene rings is 1. The van der Waals surface area contributed by atoms with Crippen LogP contribution in [0.4, 0.5) is 10.7 Å². The molecule has 1 heterocycles. The van der Waals surface area contributed by atoms with Gasteiger partial charge in [0.2, 0.25) is 0 Å². The summed E-state index contributed by atoms with van der Waals surface area (Å²) in [6.45, 7) is 5.28. The number of carbonyl (C=O) groups excluding carboxylic acids is 1. The molecule has 0 spiro atoms. The Balaban J connectivity index is 1.82. The minimum Gasteiger partial charge on any atom is -0.397 e. The smallest absolute Gasteiger partial charge is 0.263 e. The standard InChI is InChI=1S/C15H23N3OS/c1-8(2)7-17-15-11(9-3-4-9)12(16)13(20-15)14(19)18-10-5-6-10/h8-10,17H,3-7,16H2,1-2H3,(H,18,19). The molecule has 0 atom stereocenters. The quantitative estimate of drug-likeness (QED) is 0.754. The molecule has 0 bridgehead atoms. The zero-order valence-electron chi connectivity index (χ0n) is 12.2. The van der Waals surface area contributed by atoms with Gasteiger partial charge in [0.15, 0.2) is 0 Å². The van der Waals surface area contributed by atoms with Crippen LogP contribution in [0.3, 0.4) is 0 Å². The molecule has 0 unspecified atom stereocenters. The second-order valence-electron chi connectivity index (χ2n) is 6.38. The summed E-state index contributed by atoms with van der Waals surface area (Å²) in [6.07, 6.45) is 4.60. The zero-order chi connectivity index (χ0) is 14.3. The highest BCUT2D eigenvalue weighted by molar-refractivity contribution is 7.18. The van der Waals surface area contributed by atoms with E-state index in [0.717, 1.165) is 24.4 Å². The van der Waals surface area contributed by atoms with E-state index in [1.807, 2.05) is 0 Å². The van der Waals surface area contributed by atoms with Crippen molar-refractivity contribution in [1.82, 2.24) is 5.32 Å². The van der Waals surface area contributed by atoms with Gasteiger partial charge in [0.05, 0.1) is 10.7 Å². The van der Waals surface area contributed by atoms with Crippen LogP contribution in [0.2, 0.25) is 0 Å². The second kappa shape index (κ2) is 5.28. The summed E-state index contributed by atoms with van der Waals surface area (Å²) in [4.78, 5) is 13.0. The van der Waals surface area contributed by atoms with Crippen molar-refractivity contribution in [2.45, 2.75) is 51.5 Å². The molecule has 2 saturated carbocycles. The summed E-state index contributed by atoms with van der Waals surface area (Å²) < 4.78 is 0. The molecule has 5 heteroatoms. The van der Waals surface area contributed by atoms with E-state index in [-0.39, 0.29) is 5.91 Å². The van der Waals surface area contributed by atoms with Crippen molar-refractivity contribution in [2.75, 3.05) is 17.6 Å². The summed E-state index contributed by atoms with van der Waals surface area (Å²) in [5.74, 6) is 1.15. The Hall–Kier alpha value is -1.23. The molecule has 2 aliphatic carbocycles. The Morgan fingerprint density at radius 1 is 1.35 bits per heavy atom. The summed E-state index contributed by atoms with van der Waals surface area (Å²) in [6, 6.07) is 0.375. The van der Waals surface area contributed by atoms with Gasteiger partial charge in [-0.05, 0) is 37.5 Å². The van der Waals surface area contributed by atoms with Crippen molar-refractivity contribution >= 4 is 27.9 Å². The third-order valence-corrected chi connectivity index (χ3v) is 4.94. The lowest BCUT2D eigenvalue weighted by Gasteiger charge is -2.09. The van der Waals surface area contributed by atoms with Crippen LogP contribution >= 0.6 is 11.3 Å². The van der Waals surface area contributed by atoms with E-state index in [0.29, 0.717) is 28.4 Å². The van der Waals surface area contributed by atoms with Gasteiger partial charge >= 0.3 is 0 Å². The minimum atomic E-state index is 0.00879. The molecule has 1 aromatic rings. The van der Waals surface area contributed by atoms with Crippen molar-refractivity contribution in [3.63, 3.8) is 0 Å². The molecule has 1 aromatic heterocycles. The van der Waals surface area contributed by atoms with Crippen LogP contribution in [0.25, 0.3) is 0 Å². The number of nitrogens with one attached hydrogen (secondary N) is 2. The van der Waals surface area contributed by atoms with Crippen LogP contribution in [0.15, 0.2) is 0 Å². The van der Waals surface area contributed by atoms with Crippen LogP contribution in [-0.4, -0.2) is 18.5 Å². The molecule has 0 aliphatic heterocycles. The third kappa shape index (κ3) is 2.92. The Morgan fingerprint density at radius 2 is 2.05 bits per heavy atom. The monoisotopic (exact) mass is 293 g/mol. The molecule has 20 heavy (non-hydrogen) atoms. The Labute approximate surface area is 124 Å². The second-order valence-corrected chi connectivity index (χ2v) is 7.41. The summed E-state index contributed by atoms with van der Waals surface area (Å²) in [7, 11) is 0. The molecule has 0 aromatic carbocycles. The first-order valence-electron chi connectivity index (χ1n) is 7.53. The number of amides is 1. The lowest BCUT2D eigenvalue weighted by molar-refractivity contribution is 0.0956. The van der Waals surface area contributed by atoms with E-state index in [1.54, 1.807) is 0 Å². The maximum Gasteiger partial charge on any atom is 0.263 e. The third-order valence-electron chi connectivity index (χ3n) is 3.76. The molecule has 4 N–H and O–H groups in total. The fraction of sp³-hybridized carbons (Fsp3) is 0.667. The lowest BCUT2D eigenvalue weighted by Crippen LogP contribution is -2.25. The number of carbonyl (C=O) groups is 1. The van der Waals surface area contributed by atoms with Gasteiger partial charge in [-0.3, -0.25) is 4.79 Å². The maximum absolute atomic E-state index is 12.3. The number of rotatable bonds is 6. The van der Waals surface area contributed by atoms with E-state index in [1.165, 1.54) is 29.7 Å². The first-order chi connectivity index (χ1) is 9.56. The largest absolute Gasteiger partial charge is 0.397 e. The topological polar surface area (TPSA) is 67.2 Å². The average molecular weight is 293 g/mol. The maximum atomic E-state index is 12.3. The molecule has 2 fully saturated rings. The molecule has 3 rings (SSSR count). The van der Waals surface area contributed by atoms with Gasteiger partial charge in [0.1, 0.15) is 4.88 Å². The van der Waals surface area contributed by atoms with Crippen molar-refractivity contribution in [3.05, 3.63) is 10.4 Å². The van der Waals surface area contributed by atoms with Gasteiger partial charge in [-0.1, -0.05) is 13.8 Å². The molecule has 4 nitrogen and oxygen atoms in total. The molecule has 0 radical (unpaired) electrons. The van der Waals surface area contributed by atoms with Crippen molar-refractivity contribution < 1.29 is 4.79 Å². The highest BCUT2D eigenvalue weighted by Gasteiger charge is 2.34. The predicted molar refractivity (Wildman–Crippen MR) is 84.5 cm³/mol. The van der Waals surface area contributed by atoms with Gasteiger partial charge in [-0.15, -0.1) is 11.3 Å². The van der Waals surface area contributed by atoms with Crippen LogP contribution in [0.1, 0.15) is 60.7 Å².